The van der Waals surface area contributed by atoms with Crippen LogP contribution < -0.4 is 5.56 Å². The zero-order chi connectivity index (χ0) is 13.0. The molecule has 1 aromatic rings. The molecule has 2 rings (SSSR count). The van der Waals surface area contributed by atoms with E-state index in [1.807, 2.05) is 0 Å². The van der Waals surface area contributed by atoms with E-state index in [4.69, 9.17) is 16.3 Å². The molecule has 0 bridgehead atoms. The summed E-state index contributed by atoms with van der Waals surface area (Å²) in [5, 5.41) is 0. The van der Waals surface area contributed by atoms with Crippen molar-refractivity contribution in [1.29, 1.82) is 0 Å². The van der Waals surface area contributed by atoms with Crippen molar-refractivity contribution in [2.75, 3.05) is 13.2 Å². The smallest absolute Gasteiger partial charge is 0.251 e. The average molecular weight is 271 g/mol. The van der Waals surface area contributed by atoms with Crippen LogP contribution in [-0.4, -0.2) is 23.2 Å². The number of halogens is 1. The van der Waals surface area contributed by atoms with Crippen molar-refractivity contribution in [3.8, 4) is 0 Å². The Morgan fingerprint density at radius 3 is 2.94 bits per heavy atom. The van der Waals surface area contributed by atoms with Gasteiger partial charge in [0.15, 0.2) is 0 Å². The minimum Gasteiger partial charge on any atom is -0.380 e. The number of aromatic amines is 1. The molecule has 18 heavy (non-hydrogen) atoms. The maximum absolute atomic E-state index is 11.5. The lowest BCUT2D eigenvalue weighted by Crippen LogP contribution is -2.24. The second kappa shape index (κ2) is 5.85. The normalized spacial score (nSPS) is 16.8. The third-order valence-electron chi connectivity index (χ3n) is 3.31. The lowest BCUT2D eigenvalue weighted by Gasteiger charge is -2.15. The lowest BCUT2D eigenvalue weighted by atomic mass is 10.1. The fraction of sp³-hybridized carbons (Fsp3) is 0.692. The van der Waals surface area contributed by atoms with Gasteiger partial charge in [-0.05, 0) is 19.3 Å². The molecule has 4 nitrogen and oxygen atoms in total. The van der Waals surface area contributed by atoms with E-state index in [0.29, 0.717) is 12.3 Å². The van der Waals surface area contributed by atoms with Crippen LogP contribution in [0.1, 0.15) is 44.1 Å². The molecule has 0 aliphatic heterocycles. The summed E-state index contributed by atoms with van der Waals surface area (Å²) >= 11 is 5.74. The third kappa shape index (κ3) is 3.12. The van der Waals surface area contributed by atoms with Crippen molar-refractivity contribution in [3.05, 3.63) is 27.9 Å². The highest BCUT2D eigenvalue weighted by molar-refractivity contribution is 6.16. The molecule has 0 unspecified atom stereocenters. The van der Waals surface area contributed by atoms with Gasteiger partial charge in [-0.25, -0.2) is 4.98 Å². The molecule has 0 spiro atoms. The lowest BCUT2D eigenvalue weighted by molar-refractivity contribution is 0.108. The van der Waals surface area contributed by atoms with Crippen molar-refractivity contribution in [2.45, 2.75) is 43.9 Å². The Morgan fingerprint density at radius 1 is 1.56 bits per heavy atom. The van der Waals surface area contributed by atoms with Crippen LogP contribution in [0.3, 0.4) is 0 Å². The minimum absolute atomic E-state index is 0.0744. The van der Waals surface area contributed by atoms with Gasteiger partial charge in [-0.3, -0.25) is 4.79 Å². The predicted molar refractivity (Wildman–Crippen MR) is 71.1 cm³/mol. The first-order chi connectivity index (χ1) is 8.70. The Balaban J connectivity index is 2.05. The van der Waals surface area contributed by atoms with Gasteiger partial charge in [0.25, 0.3) is 5.56 Å². The Hall–Kier alpha value is -0.870. The first kappa shape index (κ1) is 13.6. The van der Waals surface area contributed by atoms with Crippen LogP contribution in [0, 0.1) is 0 Å². The van der Waals surface area contributed by atoms with Crippen molar-refractivity contribution < 1.29 is 4.74 Å². The fourth-order valence-corrected chi connectivity index (χ4v) is 2.08. The summed E-state index contributed by atoms with van der Waals surface area (Å²) in [5.41, 5.74) is 0.431. The van der Waals surface area contributed by atoms with E-state index >= 15 is 0 Å². The van der Waals surface area contributed by atoms with E-state index in [2.05, 4.69) is 16.9 Å². The Morgan fingerprint density at radius 2 is 2.33 bits per heavy atom. The maximum atomic E-state index is 11.5. The van der Waals surface area contributed by atoms with E-state index in [1.54, 1.807) is 0 Å². The Labute approximate surface area is 112 Å². The zero-order valence-electron chi connectivity index (χ0n) is 10.7. The molecule has 0 amide bonds. The summed E-state index contributed by atoms with van der Waals surface area (Å²) in [6.45, 7) is 3.55. The summed E-state index contributed by atoms with van der Waals surface area (Å²) in [6.07, 6.45) is 4.24. The van der Waals surface area contributed by atoms with Gasteiger partial charge >= 0.3 is 0 Å². The van der Waals surface area contributed by atoms with Gasteiger partial charge in [0.2, 0.25) is 0 Å². The number of unbranched alkanes of at least 4 members (excludes halogenated alkanes) is 1. The Bertz CT molecular complexity index is 455. The molecule has 1 aliphatic rings. The molecule has 0 aromatic carbocycles. The van der Waals surface area contributed by atoms with Gasteiger partial charge in [0, 0.05) is 12.7 Å². The standard InChI is InChI=1S/C13H19ClN2O2/c1-2-3-6-18-9-13(4-5-13)12-15-10(8-14)7-11(17)16-12/h7H,2-6,8-9H2,1H3,(H,15,16,17). The number of nitrogens with zero attached hydrogens (tertiary/aromatic N) is 1. The number of nitrogens with one attached hydrogen (secondary N) is 1. The van der Waals surface area contributed by atoms with Crippen molar-refractivity contribution in [2.24, 2.45) is 0 Å². The molecule has 1 heterocycles. The summed E-state index contributed by atoms with van der Waals surface area (Å²) in [7, 11) is 0. The third-order valence-corrected chi connectivity index (χ3v) is 3.58. The predicted octanol–water partition coefficient (Wildman–Crippen LogP) is 2.36. The highest BCUT2D eigenvalue weighted by atomic mass is 35.5. The zero-order valence-corrected chi connectivity index (χ0v) is 11.4. The molecular formula is C13H19ClN2O2. The number of aromatic nitrogens is 2. The largest absolute Gasteiger partial charge is 0.380 e. The average Bonchev–Trinajstić information content (AvgIpc) is 3.15. The molecule has 0 atom stereocenters. The van der Waals surface area contributed by atoms with Crippen molar-refractivity contribution in [1.82, 2.24) is 9.97 Å². The maximum Gasteiger partial charge on any atom is 0.251 e. The molecule has 1 saturated carbocycles. The summed E-state index contributed by atoms with van der Waals surface area (Å²) in [6, 6.07) is 1.45. The van der Waals surface area contributed by atoms with Crippen molar-refractivity contribution in [3.63, 3.8) is 0 Å². The van der Waals surface area contributed by atoms with Crippen LogP contribution >= 0.6 is 11.6 Å². The van der Waals surface area contributed by atoms with Crippen LogP contribution in [-0.2, 0) is 16.0 Å². The number of hydrogen-bond acceptors (Lipinski definition) is 3. The van der Waals surface area contributed by atoms with Gasteiger partial charge in [0.1, 0.15) is 5.82 Å². The van der Waals surface area contributed by atoms with Crippen LogP contribution in [0.25, 0.3) is 0 Å². The molecule has 100 valence electrons. The molecular weight excluding hydrogens is 252 g/mol. The topological polar surface area (TPSA) is 55.0 Å². The van der Waals surface area contributed by atoms with E-state index in [9.17, 15) is 4.79 Å². The van der Waals surface area contributed by atoms with Gasteiger partial charge in [0.05, 0.1) is 23.6 Å². The molecule has 5 heteroatoms. The van der Waals surface area contributed by atoms with Gasteiger partial charge < -0.3 is 9.72 Å². The quantitative estimate of drug-likeness (QED) is 0.611. The SMILES string of the molecule is CCCCOCC1(c2nc(CCl)cc(=O)[nH]2)CC1. The number of rotatable bonds is 7. The summed E-state index contributed by atoms with van der Waals surface area (Å²) < 4.78 is 5.67. The molecule has 0 radical (unpaired) electrons. The van der Waals surface area contributed by atoms with E-state index in [-0.39, 0.29) is 16.9 Å². The van der Waals surface area contributed by atoms with Gasteiger partial charge in [-0.2, -0.15) is 0 Å². The number of H-pyrrole nitrogens is 1. The van der Waals surface area contributed by atoms with Crippen LogP contribution in [0.15, 0.2) is 10.9 Å². The van der Waals surface area contributed by atoms with Crippen LogP contribution in [0.4, 0.5) is 0 Å². The number of ether oxygens (including phenoxy) is 1. The van der Waals surface area contributed by atoms with Crippen LogP contribution in [0.5, 0.6) is 0 Å². The van der Waals surface area contributed by atoms with E-state index in [0.717, 1.165) is 38.1 Å². The van der Waals surface area contributed by atoms with E-state index < -0.39 is 0 Å². The summed E-state index contributed by atoms with van der Waals surface area (Å²) in [5.74, 6) is 1.01. The second-order valence-electron chi connectivity index (χ2n) is 4.91. The molecule has 1 N–H and O–H groups in total. The number of alkyl halides is 1. The molecule has 0 saturated heterocycles. The molecule has 1 aliphatic carbocycles. The molecule has 1 aromatic heterocycles. The highest BCUT2D eigenvalue weighted by Gasteiger charge is 2.47. The fourth-order valence-electron chi connectivity index (χ4n) is 1.94. The first-order valence-corrected chi connectivity index (χ1v) is 6.98. The minimum atomic E-state index is -0.129. The molecule has 1 fully saturated rings. The Kier molecular flexibility index (Phi) is 4.40. The van der Waals surface area contributed by atoms with Crippen LogP contribution in [0.2, 0.25) is 0 Å². The summed E-state index contributed by atoms with van der Waals surface area (Å²) in [4.78, 5) is 18.8. The first-order valence-electron chi connectivity index (χ1n) is 6.44. The van der Waals surface area contributed by atoms with Gasteiger partial charge in [-0.1, -0.05) is 13.3 Å². The second-order valence-corrected chi connectivity index (χ2v) is 5.17. The monoisotopic (exact) mass is 270 g/mol. The highest BCUT2D eigenvalue weighted by Crippen LogP contribution is 2.46. The number of hydrogen-bond donors (Lipinski definition) is 1. The van der Waals surface area contributed by atoms with Gasteiger partial charge in [-0.15, -0.1) is 11.6 Å². The van der Waals surface area contributed by atoms with Crippen molar-refractivity contribution >= 4 is 11.6 Å². The van der Waals surface area contributed by atoms with E-state index in [1.165, 1.54) is 6.07 Å².